The lowest BCUT2D eigenvalue weighted by Crippen LogP contribution is -2.53. The zero-order valence-corrected chi connectivity index (χ0v) is 40.7. The van der Waals surface area contributed by atoms with Crippen LogP contribution in [0, 0.1) is 0 Å². The van der Waals surface area contributed by atoms with Gasteiger partial charge in [0.15, 0.2) is 0 Å². The van der Waals surface area contributed by atoms with Gasteiger partial charge in [-0.2, -0.15) is 0 Å². The van der Waals surface area contributed by atoms with Gasteiger partial charge >= 0.3 is 0 Å². The molecule has 0 aromatic heterocycles. The molecule has 0 fully saturated rings. The van der Waals surface area contributed by atoms with E-state index in [9.17, 15) is 25.2 Å². The van der Waals surface area contributed by atoms with E-state index >= 15 is 0 Å². The second-order valence-corrected chi connectivity index (χ2v) is 19.3. The summed E-state index contributed by atoms with van der Waals surface area (Å²) in [7, 11) is 0. The minimum absolute atomic E-state index is 0.376. The first-order valence-corrected chi connectivity index (χ1v) is 27.4. The summed E-state index contributed by atoms with van der Waals surface area (Å²) in [5, 5.41) is 43.9. The maximum atomic E-state index is 12.6. The summed E-state index contributed by atoms with van der Waals surface area (Å²) in [6.07, 6.45) is 55.9. The SMILES string of the molecule is CCCCCCCCCCCCCCCCCCCCCCCCCCCCCC(O)C(=O)NC(CO)C(O)C(O)CCCCCCCCCCCCCCCCCCC. The van der Waals surface area contributed by atoms with Crippen LogP contribution < -0.4 is 5.32 Å². The van der Waals surface area contributed by atoms with Gasteiger partial charge in [0.2, 0.25) is 5.91 Å². The molecule has 4 unspecified atom stereocenters. The molecule has 360 valence electrons. The molecule has 0 radical (unpaired) electrons. The summed E-state index contributed by atoms with van der Waals surface area (Å²) in [6.45, 7) is 4.09. The van der Waals surface area contributed by atoms with Gasteiger partial charge < -0.3 is 25.7 Å². The Morgan fingerprint density at radius 1 is 0.350 bits per heavy atom. The number of hydrogen-bond donors (Lipinski definition) is 5. The summed E-state index contributed by atoms with van der Waals surface area (Å²) in [5.74, 6) is -0.576. The van der Waals surface area contributed by atoms with Crippen molar-refractivity contribution in [1.82, 2.24) is 5.32 Å². The molecule has 0 bridgehead atoms. The fourth-order valence-corrected chi connectivity index (χ4v) is 9.00. The number of carbonyl (C=O) groups is 1. The number of amides is 1. The van der Waals surface area contributed by atoms with Crippen LogP contribution in [0.15, 0.2) is 0 Å². The van der Waals surface area contributed by atoms with Gasteiger partial charge in [-0.1, -0.05) is 296 Å². The molecule has 0 spiro atoms. The second-order valence-electron chi connectivity index (χ2n) is 19.3. The van der Waals surface area contributed by atoms with Crippen LogP contribution in [0.1, 0.15) is 309 Å². The van der Waals surface area contributed by atoms with Crippen LogP contribution in [0.5, 0.6) is 0 Å². The fourth-order valence-electron chi connectivity index (χ4n) is 9.00. The highest BCUT2D eigenvalue weighted by atomic mass is 16.3. The Balaban J connectivity index is 3.57. The number of rotatable bonds is 51. The fraction of sp³-hybridized carbons (Fsp3) is 0.981. The molecule has 4 atom stereocenters. The van der Waals surface area contributed by atoms with Crippen molar-refractivity contribution in [2.75, 3.05) is 6.61 Å². The van der Waals surface area contributed by atoms with Crippen molar-refractivity contribution < 1.29 is 25.2 Å². The van der Waals surface area contributed by atoms with Gasteiger partial charge in [-0.15, -0.1) is 0 Å². The topological polar surface area (TPSA) is 110 Å². The van der Waals surface area contributed by atoms with Gasteiger partial charge in [0.05, 0.1) is 18.8 Å². The first-order valence-electron chi connectivity index (χ1n) is 27.4. The Morgan fingerprint density at radius 2 is 0.567 bits per heavy atom. The standard InChI is InChI=1S/C54H109NO5/c1-3-5-7-9-11-13-15-17-19-21-22-23-24-25-26-27-28-29-30-32-34-36-38-40-42-44-46-48-52(58)54(60)55-50(49-56)53(59)51(57)47-45-43-41-39-37-35-33-31-20-18-16-14-12-10-8-6-4-2/h50-53,56-59H,3-49H2,1-2H3,(H,55,60). The van der Waals surface area contributed by atoms with Crippen molar-refractivity contribution in [3.63, 3.8) is 0 Å². The second kappa shape index (κ2) is 49.3. The molecule has 0 heterocycles. The van der Waals surface area contributed by atoms with Gasteiger partial charge in [0.25, 0.3) is 0 Å². The third kappa shape index (κ3) is 42.6. The molecule has 6 heteroatoms. The molecule has 0 aliphatic heterocycles. The lowest BCUT2D eigenvalue weighted by atomic mass is 9.99. The van der Waals surface area contributed by atoms with E-state index in [1.807, 2.05) is 0 Å². The third-order valence-electron chi connectivity index (χ3n) is 13.3. The number of hydrogen-bond acceptors (Lipinski definition) is 5. The van der Waals surface area contributed by atoms with Crippen LogP contribution in [0.2, 0.25) is 0 Å². The maximum Gasteiger partial charge on any atom is 0.249 e. The lowest BCUT2D eigenvalue weighted by molar-refractivity contribution is -0.132. The Bertz CT molecular complexity index is 826. The van der Waals surface area contributed by atoms with Gasteiger partial charge in [-0.05, 0) is 12.8 Å². The molecule has 0 saturated heterocycles. The van der Waals surface area contributed by atoms with Crippen LogP contribution in [-0.4, -0.2) is 57.3 Å². The van der Waals surface area contributed by atoms with Crippen molar-refractivity contribution in [2.24, 2.45) is 0 Å². The molecule has 5 N–H and O–H groups in total. The Hall–Kier alpha value is -0.690. The molecular formula is C54H109NO5. The van der Waals surface area contributed by atoms with E-state index in [1.165, 1.54) is 244 Å². The highest BCUT2D eigenvalue weighted by molar-refractivity contribution is 5.80. The van der Waals surface area contributed by atoms with E-state index in [4.69, 9.17) is 0 Å². The van der Waals surface area contributed by atoms with E-state index in [1.54, 1.807) is 0 Å². The highest BCUT2D eigenvalue weighted by Gasteiger charge is 2.28. The van der Waals surface area contributed by atoms with E-state index in [0.717, 1.165) is 38.5 Å². The molecule has 0 rings (SSSR count). The molecule has 0 saturated carbocycles. The average Bonchev–Trinajstić information content (AvgIpc) is 3.25. The van der Waals surface area contributed by atoms with Crippen molar-refractivity contribution in [2.45, 2.75) is 334 Å². The first kappa shape index (κ1) is 59.3. The third-order valence-corrected chi connectivity index (χ3v) is 13.3. The van der Waals surface area contributed by atoms with E-state index in [-0.39, 0.29) is 0 Å². The summed E-state index contributed by atoms with van der Waals surface area (Å²) >= 11 is 0. The monoisotopic (exact) mass is 852 g/mol. The smallest absolute Gasteiger partial charge is 0.249 e. The quantitative estimate of drug-likeness (QED) is 0.0392. The zero-order valence-electron chi connectivity index (χ0n) is 40.7. The van der Waals surface area contributed by atoms with Crippen molar-refractivity contribution >= 4 is 5.91 Å². The van der Waals surface area contributed by atoms with Crippen LogP contribution in [0.25, 0.3) is 0 Å². The lowest BCUT2D eigenvalue weighted by Gasteiger charge is -2.27. The van der Waals surface area contributed by atoms with Crippen LogP contribution in [-0.2, 0) is 4.79 Å². The first-order chi connectivity index (χ1) is 29.5. The largest absolute Gasteiger partial charge is 0.394 e. The normalized spacial score (nSPS) is 13.8. The molecular weight excluding hydrogens is 743 g/mol. The molecule has 60 heavy (non-hydrogen) atoms. The molecule has 0 aliphatic rings. The number of nitrogens with one attached hydrogen (secondary N) is 1. The minimum atomic E-state index is -1.25. The summed E-state index contributed by atoms with van der Waals surface area (Å²) in [4.78, 5) is 12.6. The van der Waals surface area contributed by atoms with Crippen LogP contribution in [0.4, 0.5) is 0 Å². The molecule has 1 amide bonds. The number of carbonyl (C=O) groups excluding carboxylic acids is 1. The maximum absolute atomic E-state index is 12.6. The zero-order chi connectivity index (χ0) is 43.8. The van der Waals surface area contributed by atoms with Gasteiger partial charge in [-0.25, -0.2) is 0 Å². The summed E-state index contributed by atoms with van der Waals surface area (Å²) in [6, 6.07) is -0.980. The van der Waals surface area contributed by atoms with Gasteiger partial charge in [0, 0.05) is 0 Å². The predicted octanol–water partition coefficient (Wildman–Crippen LogP) is 15.5. The minimum Gasteiger partial charge on any atom is -0.394 e. The Labute approximate surface area is 375 Å². The van der Waals surface area contributed by atoms with Crippen molar-refractivity contribution in [1.29, 1.82) is 0 Å². The summed E-state index contributed by atoms with van der Waals surface area (Å²) in [5.41, 5.74) is 0. The molecule has 6 nitrogen and oxygen atoms in total. The highest BCUT2D eigenvalue weighted by Crippen LogP contribution is 2.19. The van der Waals surface area contributed by atoms with E-state index in [0.29, 0.717) is 12.8 Å². The molecule has 0 aromatic carbocycles. The van der Waals surface area contributed by atoms with Crippen LogP contribution >= 0.6 is 0 Å². The number of unbranched alkanes of at least 4 members (excludes halogenated alkanes) is 42. The van der Waals surface area contributed by atoms with Gasteiger partial charge in [0.1, 0.15) is 12.2 Å². The van der Waals surface area contributed by atoms with E-state index < -0.39 is 36.9 Å². The molecule has 0 aromatic rings. The predicted molar refractivity (Wildman–Crippen MR) is 261 cm³/mol. The van der Waals surface area contributed by atoms with Gasteiger partial charge in [-0.3, -0.25) is 4.79 Å². The van der Waals surface area contributed by atoms with Crippen molar-refractivity contribution in [3.8, 4) is 0 Å². The Kier molecular flexibility index (Phi) is 48.8. The summed E-state index contributed by atoms with van der Waals surface area (Å²) < 4.78 is 0. The number of aliphatic hydroxyl groups excluding tert-OH is 4. The Morgan fingerprint density at radius 3 is 0.800 bits per heavy atom. The molecule has 0 aliphatic carbocycles. The number of aliphatic hydroxyl groups is 4. The van der Waals surface area contributed by atoms with Crippen molar-refractivity contribution in [3.05, 3.63) is 0 Å². The van der Waals surface area contributed by atoms with Crippen LogP contribution in [0.3, 0.4) is 0 Å². The van der Waals surface area contributed by atoms with E-state index in [2.05, 4.69) is 19.2 Å². The average molecular weight is 852 g/mol.